The van der Waals surface area contributed by atoms with Crippen molar-refractivity contribution in [3.05, 3.63) is 28.0 Å². The van der Waals surface area contributed by atoms with E-state index in [2.05, 4.69) is 15.9 Å². The topological polar surface area (TPSA) is 66.5 Å². The van der Waals surface area contributed by atoms with Gasteiger partial charge in [-0.3, -0.25) is 0 Å². The van der Waals surface area contributed by atoms with E-state index in [9.17, 15) is 9.50 Å². The molecule has 0 aliphatic heterocycles. The fourth-order valence-electron chi connectivity index (χ4n) is 1.03. The predicted molar refractivity (Wildman–Crippen MR) is 49.8 cm³/mol. The Kier molecular flexibility index (Phi) is 3.24. The van der Waals surface area contributed by atoms with E-state index in [0.29, 0.717) is 4.47 Å². The molecule has 0 heterocycles. The van der Waals surface area contributed by atoms with Crippen LogP contribution in [0.5, 0.6) is 5.75 Å². The van der Waals surface area contributed by atoms with Crippen molar-refractivity contribution in [2.24, 2.45) is 5.73 Å². The van der Waals surface area contributed by atoms with Crippen LogP contribution in [-0.2, 0) is 0 Å². The van der Waals surface area contributed by atoms with Gasteiger partial charge in [-0.05, 0) is 12.1 Å². The Morgan fingerprint density at radius 2 is 2.15 bits per heavy atom. The van der Waals surface area contributed by atoms with E-state index in [0.717, 1.165) is 0 Å². The maximum absolute atomic E-state index is 13.2. The molecule has 0 bridgehead atoms. The lowest BCUT2D eigenvalue weighted by atomic mass is 10.1. The molecule has 0 aliphatic rings. The number of nitrogens with two attached hydrogens (primary N) is 1. The second-order valence-electron chi connectivity index (χ2n) is 2.61. The third-order valence-corrected chi connectivity index (χ3v) is 2.10. The number of benzene rings is 1. The van der Waals surface area contributed by atoms with Gasteiger partial charge in [0.15, 0.2) is 0 Å². The summed E-state index contributed by atoms with van der Waals surface area (Å²) in [6, 6.07) is 1.62. The Labute approximate surface area is 83.1 Å². The Hall–Kier alpha value is -0.650. The standard InChI is InChI=1S/C8H9BrFNO2/c9-4-1-5(10)8(6(11)3-12)7(13)2-4/h1-2,6,12-13H,3,11H2/t6-/m0/s1. The number of aromatic hydroxyl groups is 1. The monoisotopic (exact) mass is 249 g/mol. The van der Waals surface area contributed by atoms with Crippen molar-refractivity contribution in [1.29, 1.82) is 0 Å². The Bertz CT molecular complexity index is 296. The predicted octanol–water partition coefficient (Wildman–Crippen LogP) is 1.29. The van der Waals surface area contributed by atoms with E-state index in [-0.39, 0.29) is 11.3 Å². The van der Waals surface area contributed by atoms with E-state index >= 15 is 0 Å². The summed E-state index contributed by atoms with van der Waals surface area (Å²) in [6.45, 7) is -0.411. The fourth-order valence-corrected chi connectivity index (χ4v) is 1.45. The minimum absolute atomic E-state index is 0.0642. The minimum atomic E-state index is -0.895. The Morgan fingerprint density at radius 3 is 2.62 bits per heavy atom. The lowest BCUT2D eigenvalue weighted by Crippen LogP contribution is -2.16. The van der Waals surface area contributed by atoms with Crippen molar-refractivity contribution in [3.63, 3.8) is 0 Å². The zero-order valence-electron chi connectivity index (χ0n) is 6.67. The minimum Gasteiger partial charge on any atom is -0.507 e. The summed E-state index contributed by atoms with van der Waals surface area (Å²) >= 11 is 3.01. The first kappa shape index (κ1) is 10.4. The molecule has 0 radical (unpaired) electrons. The summed E-state index contributed by atoms with van der Waals surface area (Å²) in [6.07, 6.45) is 0. The van der Waals surface area contributed by atoms with Crippen molar-refractivity contribution in [2.45, 2.75) is 6.04 Å². The molecule has 13 heavy (non-hydrogen) atoms. The summed E-state index contributed by atoms with van der Waals surface area (Å²) in [5.41, 5.74) is 5.32. The molecule has 0 aliphatic carbocycles. The van der Waals surface area contributed by atoms with Crippen LogP contribution in [0.4, 0.5) is 4.39 Å². The molecule has 1 aromatic rings. The molecule has 0 amide bonds. The highest BCUT2D eigenvalue weighted by Gasteiger charge is 2.15. The average molecular weight is 250 g/mol. The smallest absolute Gasteiger partial charge is 0.132 e. The number of aliphatic hydroxyl groups is 1. The zero-order valence-corrected chi connectivity index (χ0v) is 8.25. The molecular weight excluding hydrogens is 241 g/mol. The molecule has 3 nitrogen and oxygen atoms in total. The summed E-state index contributed by atoms with van der Waals surface area (Å²) in [5.74, 6) is -0.887. The quantitative estimate of drug-likeness (QED) is 0.740. The number of phenols is 1. The lowest BCUT2D eigenvalue weighted by Gasteiger charge is -2.11. The molecule has 0 saturated carbocycles. The van der Waals surface area contributed by atoms with Crippen molar-refractivity contribution in [3.8, 4) is 5.75 Å². The van der Waals surface area contributed by atoms with Gasteiger partial charge in [0.2, 0.25) is 0 Å². The van der Waals surface area contributed by atoms with Crippen molar-refractivity contribution in [2.75, 3.05) is 6.61 Å². The number of halogens is 2. The van der Waals surface area contributed by atoms with Crippen LogP contribution in [0, 0.1) is 5.82 Å². The number of rotatable bonds is 2. The van der Waals surface area contributed by atoms with Gasteiger partial charge in [-0.15, -0.1) is 0 Å². The summed E-state index contributed by atoms with van der Waals surface area (Å²) in [5, 5.41) is 18.0. The van der Waals surface area contributed by atoms with Crippen LogP contribution in [0.2, 0.25) is 0 Å². The van der Waals surface area contributed by atoms with E-state index < -0.39 is 18.5 Å². The third kappa shape index (κ3) is 2.18. The van der Waals surface area contributed by atoms with Gasteiger partial charge >= 0.3 is 0 Å². The molecule has 0 fully saturated rings. The molecule has 0 aromatic heterocycles. The van der Waals surface area contributed by atoms with Gasteiger partial charge in [0, 0.05) is 10.0 Å². The zero-order chi connectivity index (χ0) is 10.0. The van der Waals surface area contributed by atoms with Crippen LogP contribution in [0.25, 0.3) is 0 Å². The molecule has 0 spiro atoms. The SMILES string of the molecule is N[C@@H](CO)c1c(O)cc(Br)cc1F. The molecule has 0 unspecified atom stereocenters. The first-order valence-electron chi connectivity index (χ1n) is 3.60. The van der Waals surface area contributed by atoms with Crippen LogP contribution in [0.1, 0.15) is 11.6 Å². The van der Waals surface area contributed by atoms with Crippen LogP contribution in [0.15, 0.2) is 16.6 Å². The van der Waals surface area contributed by atoms with Gasteiger partial charge in [-0.2, -0.15) is 0 Å². The van der Waals surface area contributed by atoms with Crippen LogP contribution >= 0.6 is 15.9 Å². The van der Waals surface area contributed by atoms with Gasteiger partial charge in [-0.25, -0.2) is 4.39 Å². The largest absolute Gasteiger partial charge is 0.507 e. The van der Waals surface area contributed by atoms with Gasteiger partial charge in [0.05, 0.1) is 12.6 Å². The highest BCUT2D eigenvalue weighted by atomic mass is 79.9. The normalized spacial score (nSPS) is 12.9. The number of aliphatic hydroxyl groups excluding tert-OH is 1. The molecule has 1 rings (SSSR count). The first-order chi connectivity index (χ1) is 6.06. The molecule has 4 N–H and O–H groups in total. The van der Waals surface area contributed by atoms with Gasteiger partial charge in [0.25, 0.3) is 0 Å². The van der Waals surface area contributed by atoms with Crippen molar-refractivity contribution >= 4 is 15.9 Å². The van der Waals surface area contributed by atoms with Crippen LogP contribution in [0.3, 0.4) is 0 Å². The van der Waals surface area contributed by atoms with E-state index in [1.807, 2.05) is 0 Å². The van der Waals surface area contributed by atoms with E-state index in [4.69, 9.17) is 10.8 Å². The molecule has 0 saturated heterocycles. The molecule has 1 aromatic carbocycles. The van der Waals surface area contributed by atoms with Crippen LogP contribution in [-0.4, -0.2) is 16.8 Å². The molecule has 5 heteroatoms. The second-order valence-corrected chi connectivity index (χ2v) is 3.53. The Morgan fingerprint density at radius 1 is 1.54 bits per heavy atom. The third-order valence-electron chi connectivity index (χ3n) is 1.64. The number of hydrogen-bond acceptors (Lipinski definition) is 3. The maximum atomic E-state index is 13.2. The molecule has 1 atom stereocenters. The van der Waals surface area contributed by atoms with Gasteiger partial charge in [0.1, 0.15) is 11.6 Å². The molecular formula is C8H9BrFNO2. The number of hydrogen-bond donors (Lipinski definition) is 3. The first-order valence-corrected chi connectivity index (χ1v) is 4.40. The maximum Gasteiger partial charge on any atom is 0.132 e. The molecule has 72 valence electrons. The number of phenolic OH excluding ortho intramolecular Hbond substituents is 1. The second kappa shape index (κ2) is 4.04. The summed E-state index contributed by atoms with van der Waals surface area (Å²) in [7, 11) is 0. The van der Waals surface area contributed by atoms with Crippen LogP contribution < -0.4 is 5.73 Å². The van der Waals surface area contributed by atoms with Crippen molar-refractivity contribution in [1.82, 2.24) is 0 Å². The van der Waals surface area contributed by atoms with E-state index in [1.54, 1.807) is 0 Å². The van der Waals surface area contributed by atoms with Crippen molar-refractivity contribution < 1.29 is 14.6 Å². The summed E-state index contributed by atoms with van der Waals surface area (Å²) in [4.78, 5) is 0. The van der Waals surface area contributed by atoms with E-state index in [1.165, 1.54) is 12.1 Å². The highest BCUT2D eigenvalue weighted by molar-refractivity contribution is 9.10. The summed E-state index contributed by atoms with van der Waals surface area (Å²) < 4.78 is 13.6. The van der Waals surface area contributed by atoms with Gasteiger partial charge in [-0.1, -0.05) is 15.9 Å². The lowest BCUT2D eigenvalue weighted by molar-refractivity contribution is 0.262. The Balaban J connectivity index is 3.20. The fraction of sp³-hybridized carbons (Fsp3) is 0.250. The highest BCUT2D eigenvalue weighted by Crippen LogP contribution is 2.29. The van der Waals surface area contributed by atoms with Gasteiger partial charge < -0.3 is 15.9 Å². The average Bonchev–Trinajstić information content (AvgIpc) is 2.02.